The van der Waals surface area contributed by atoms with Gasteiger partial charge in [-0.25, -0.2) is 0 Å². The molecule has 28 heavy (non-hydrogen) atoms. The Kier molecular flexibility index (Phi) is 6.68. The highest BCUT2D eigenvalue weighted by Gasteiger charge is 2.24. The van der Waals surface area contributed by atoms with Crippen molar-refractivity contribution in [1.29, 1.82) is 0 Å². The Morgan fingerprint density at radius 1 is 1.11 bits per heavy atom. The second-order valence-corrected chi connectivity index (χ2v) is 6.89. The zero-order valence-electron chi connectivity index (χ0n) is 16.8. The normalized spacial score (nSPS) is 13.0. The Morgan fingerprint density at radius 3 is 2.50 bits per heavy atom. The quantitative estimate of drug-likeness (QED) is 0.704. The fourth-order valence-corrected chi connectivity index (χ4v) is 3.35. The number of nitrogens with zero attached hydrogens (tertiary/aromatic N) is 3. The number of unbranched alkanes of at least 4 members (excludes halogenated alkanes) is 2. The summed E-state index contributed by atoms with van der Waals surface area (Å²) in [7, 11) is 3.24. The van der Waals surface area contributed by atoms with Crippen LogP contribution in [0.25, 0.3) is 0 Å². The number of rotatable bonds is 8. The summed E-state index contributed by atoms with van der Waals surface area (Å²) in [5.74, 6) is 1.99. The molecule has 0 saturated heterocycles. The average molecular weight is 384 g/mol. The highest BCUT2D eigenvalue weighted by molar-refractivity contribution is 5.92. The van der Waals surface area contributed by atoms with Gasteiger partial charge in [-0.1, -0.05) is 19.8 Å². The van der Waals surface area contributed by atoms with Gasteiger partial charge >= 0.3 is 0 Å². The Balaban J connectivity index is 1.65. The lowest BCUT2D eigenvalue weighted by molar-refractivity contribution is 0.0727. The van der Waals surface area contributed by atoms with Gasteiger partial charge in [0.25, 0.3) is 5.91 Å². The minimum Gasteiger partial charge on any atom is -0.493 e. The number of hydrogen-bond donors (Lipinski definition) is 1. The number of carbonyl (C=O) groups excluding carboxylic acids is 1. The van der Waals surface area contributed by atoms with E-state index in [1.165, 1.54) is 18.4 Å². The van der Waals surface area contributed by atoms with Gasteiger partial charge in [0.15, 0.2) is 17.2 Å². The average Bonchev–Trinajstić information content (AvgIpc) is 2.75. The van der Waals surface area contributed by atoms with Gasteiger partial charge in [0.05, 0.1) is 14.2 Å². The Bertz CT molecular complexity index is 808. The van der Waals surface area contributed by atoms with Crippen molar-refractivity contribution in [3.05, 3.63) is 41.1 Å². The largest absolute Gasteiger partial charge is 0.493 e. The number of aromatic nitrogens is 2. The molecule has 0 radical (unpaired) electrons. The van der Waals surface area contributed by atoms with Crippen molar-refractivity contribution in [2.75, 3.05) is 32.6 Å². The summed E-state index contributed by atoms with van der Waals surface area (Å²) in [6.07, 6.45) is 4.23. The lowest BCUT2D eigenvalue weighted by Gasteiger charge is -2.29. The predicted octanol–water partition coefficient (Wildman–Crippen LogP) is 3.29. The van der Waals surface area contributed by atoms with Crippen LogP contribution in [-0.4, -0.2) is 48.3 Å². The first-order chi connectivity index (χ1) is 13.7. The topological polar surface area (TPSA) is 76.6 Å². The van der Waals surface area contributed by atoms with Crippen LogP contribution < -0.4 is 14.8 Å². The molecular formula is C21H28N4O3. The van der Waals surface area contributed by atoms with Gasteiger partial charge in [-0.3, -0.25) is 4.79 Å². The highest BCUT2D eigenvalue weighted by Crippen LogP contribution is 2.33. The molecule has 1 N–H and O–H groups in total. The maximum Gasteiger partial charge on any atom is 0.274 e. The number of carbonyl (C=O) groups is 1. The Morgan fingerprint density at radius 2 is 1.86 bits per heavy atom. The van der Waals surface area contributed by atoms with Crippen LogP contribution in [0.1, 0.15) is 47.8 Å². The third kappa shape index (κ3) is 4.52. The third-order valence-electron chi connectivity index (χ3n) is 4.98. The van der Waals surface area contributed by atoms with E-state index in [2.05, 4.69) is 22.4 Å². The maximum absolute atomic E-state index is 12.8. The molecule has 1 aromatic heterocycles. The van der Waals surface area contributed by atoms with Crippen molar-refractivity contribution in [3.8, 4) is 11.5 Å². The van der Waals surface area contributed by atoms with Crippen molar-refractivity contribution in [2.45, 2.75) is 39.2 Å². The third-order valence-corrected chi connectivity index (χ3v) is 4.98. The Labute approximate surface area is 166 Å². The zero-order valence-corrected chi connectivity index (χ0v) is 16.8. The molecule has 7 nitrogen and oxygen atoms in total. The summed E-state index contributed by atoms with van der Waals surface area (Å²) in [6, 6.07) is 7.50. The van der Waals surface area contributed by atoms with E-state index >= 15 is 0 Å². The molecule has 150 valence electrons. The molecule has 0 fully saturated rings. The molecule has 3 rings (SSSR count). The van der Waals surface area contributed by atoms with Crippen LogP contribution in [0.5, 0.6) is 11.5 Å². The lowest BCUT2D eigenvalue weighted by atomic mass is 9.98. The second kappa shape index (κ2) is 9.39. The van der Waals surface area contributed by atoms with Crippen molar-refractivity contribution < 1.29 is 14.3 Å². The standard InChI is InChI=1S/C21H28N4O3/c1-4-5-6-10-22-20-8-7-17(23-24-20)21(26)25-11-9-15-12-18(27-2)19(28-3)13-16(15)14-25/h7-8,12-13H,4-6,9-11,14H2,1-3H3,(H,22,24). The minimum absolute atomic E-state index is 0.106. The van der Waals surface area contributed by atoms with Gasteiger partial charge in [0, 0.05) is 19.6 Å². The number of ether oxygens (including phenoxy) is 2. The van der Waals surface area contributed by atoms with Gasteiger partial charge in [-0.05, 0) is 48.2 Å². The van der Waals surface area contributed by atoms with Gasteiger partial charge < -0.3 is 19.7 Å². The van der Waals surface area contributed by atoms with Crippen LogP contribution >= 0.6 is 0 Å². The highest BCUT2D eigenvalue weighted by atomic mass is 16.5. The van der Waals surface area contributed by atoms with Gasteiger partial charge in [-0.15, -0.1) is 10.2 Å². The molecule has 1 amide bonds. The van der Waals surface area contributed by atoms with Crippen LogP contribution in [0.2, 0.25) is 0 Å². The van der Waals surface area contributed by atoms with E-state index < -0.39 is 0 Å². The molecule has 0 atom stereocenters. The van der Waals surface area contributed by atoms with Gasteiger partial charge in [0.1, 0.15) is 5.82 Å². The van der Waals surface area contributed by atoms with E-state index in [-0.39, 0.29) is 5.91 Å². The maximum atomic E-state index is 12.8. The summed E-state index contributed by atoms with van der Waals surface area (Å²) in [5.41, 5.74) is 2.61. The fraction of sp³-hybridized carbons (Fsp3) is 0.476. The molecule has 0 spiro atoms. The van der Waals surface area contributed by atoms with Crippen LogP contribution in [-0.2, 0) is 13.0 Å². The first-order valence-corrected chi connectivity index (χ1v) is 9.77. The summed E-state index contributed by atoms with van der Waals surface area (Å²) < 4.78 is 10.8. The number of hydrogen-bond acceptors (Lipinski definition) is 6. The molecule has 2 heterocycles. The summed E-state index contributed by atoms with van der Waals surface area (Å²) in [4.78, 5) is 14.6. The van der Waals surface area contributed by atoms with E-state index in [0.29, 0.717) is 36.1 Å². The molecule has 0 bridgehead atoms. The summed E-state index contributed by atoms with van der Waals surface area (Å²) in [6.45, 7) is 4.20. The van der Waals surface area contributed by atoms with E-state index in [0.717, 1.165) is 24.9 Å². The summed E-state index contributed by atoms with van der Waals surface area (Å²) >= 11 is 0. The predicted molar refractivity (Wildman–Crippen MR) is 108 cm³/mol. The van der Waals surface area contributed by atoms with Crippen LogP contribution in [0.15, 0.2) is 24.3 Å². The van der Waals surface area contributed by atoms with Crippen molar-refractivity contribution in [2.24, 2.45) is 0 Å². The van der Waals surface area contributed by atoms with Crippen molar-refractivity contribution >= 4 is 11.7 Å². The molecule has 0 saturated carbocycles. The SMILES string of the molecule is CCCCCNc1ccc(C(=O)N2CCc3cc(OC)c(OC)cc3C2)nn1. The summed E-state index contributed by atoms with van der Waals surface area (Å²) in [5, 5.41) is 11.5. The van der Waals surface area contributed by atoms with E-state index in [1.807, 2.05) is 18.2 Å². The smallest absolute Gasteiger partial charge is 0.274 e. The molecule has 2 aromatic rings. The van der Waals surface area contributed by atoms with Crippen LogP contribution in [0.4, 0.5) is 5.82 Å². The number of fused-ring (bicyclic) bond motifs is 1. The number of amides is 1. The van der Waals surface area contributed by atoms with E-state index in [4.69, 9.17) is 9.47 Å². The van der Waals surface area contributed by atoms with E-state index in [9.17, 15) is 4.79 Å². The number of benzene rings is 1. The van der Waals surface area contributed by atoms with Gasteiger partial charge in [-0.2, -0.15) is 0 Å². The monoisotopic (exact) mass is 384 g/mol. The first-order valence-electron chi connectivity index (χ1n) is 9.77. The second-order valence-electron chi connectivity index (χ2n) is 6.89. The van der Waals surface area contributed by atoms with Gasteiger partial charge in [0.2, 0.25) is 0 Å². The van der Waals surface area contributed by atoms with Crippen molar-refractivity contribution in [3.63, 3.8) is 0 Å². The van der Waals surface area contributed by atoms with Crippen molar-refractivity contribution in [1.82, 2.24) is 15.1 Å². The van der Waals surface area contributed by atoms with Crippen LogP contribution in [0.3, 0.4) is 0 Å². The molecule has 7 heteroatoms. The van der Waals surface area contributed by atoms with Crippen LogP contribution in [0, 0.1) is 0 Å². The molecule has 0 unspecified atom stereocenters. The number of nitrogens with one attached hydrogen (secondary N) is 1. The lowest BCUT2D eigenvalue weighted by Crippen LogP contribution is -2.36. The zero-order chi connectivity index (χ0) is 19.9. The minimum atomic E-state index is -0.106. The molecule has 0 aliphatic carbocycles. The number of methoxy groups -OCH3 is 2. The first kappa shape index (κ1) is 19.9. The van der Waals surface area contributed by atoms with E-state index in [1.54, 1.807) is 25.2 Å². The Hall–Kier alpha value is -2.83. The molecular weight excluding hydrogens is 356 g/mol. The number of anilines is 1. The molecule has 1 aliphatic heterocycles. The fourth-order valence-electron chi connectivity index (χ4n) is 3.35. The molecule has 1 aliphatic rings. The molecule has 1 aromatic carbocycles.